The first-order valence-corrected chi connectivity index (χ1v) is 10.6. The molecular weight excluding hydrogens is 378 g/mol. The van der Waals surface area contributed by atoms with Crippen LogP contribution in [0.3, 0.4) is 0 Å². The van der Waals surface area contributed by atoms with Crippen LogP contribution in [0.4, 0.5) is 11.6 Å². The average Bonchev–Trinajstić information content (AvgIpc) is 3.03. The lowest BCUT2D eigenvalue weighted by Crippen LogP contribution is -2.73. The van der Waals surface area contributed by atoms with Crippen molar-refractivity contribution in [2.75, 3.05) is 12.8 Å². The van der Waals surface area contributed by atoms with Gasteiger partial charge in [-0.3, -0.25) is 9.00 Å². The third-order valence-electron chi connectivity index (χ3n) is 4.82. The Morgan fingerprint density at radius 2 is 2.25 bits per heavy atom. The van der Waals surface area contributed by atoms with Crippen LogP contribution in [0, 0.1) is 0 Å². The molecule has 0 radical (unpaired) electrons. The number of hydrogen-bond donors (Lipinski definition) is 3. The smallest absolute Gasteiger partial charge is 0.261 e. The first-order valence-electron chi connectivity index (χ1n) is 9.05. The second-order valence-corrected chi connectivity index (χ2v) is 7.95. The molecule has 4 N–H and O–H groups in total. The molecule has 0 aromatic carbocycles. The topological polar surface area (TPSA) is 122 Å². The van der Waals surface area contributed by atoms with Gasteiger partial charge in [0.25, 0.3) is 5.91 Å². The molecule has 148 valence electrons. The molecule has 9 heteroatoms. The quantitative estimate of drug-likeness (QED) is 0.460. The van der Waals surface area contributed by atoms with E-state index in [0.29, 0.717) is 36.7 Å². The van der Waals surface area contributed by atoms with E-state index in [-0.39, 0.29) is 16.6 Å². The monoisotopic (exact) mass is 402 g/mol. The molecule has 1 amide bonds. The predicted molar refractivity (Wildman–Crippen MR) is 105 cm³/mol. The standard InChI is InChI=1S/C19H23N5O3S/c1-4-10-20-17(25)13-11-21-18(28(3)27)24-16(13)23-14-7-6-12-8-9-19(26,5-2)15(12)22-14/h4,6-7,11,26H,1,5,8-10H2,2-3H3,(H,20,25)(H,21,22,23,24)/p+1/t19-,28?/m1/s1. The van der Waals surface area contributed by atoms with E-state index in [1.54, 1.807) is 11.4 Å². The van der Waals surface area contributed by atoms with Gasteiger partial charge in [0.2, 0.25) is 16.8 Å². The molecule has 2 aromatic heterocycles. The number of aliphatic hydroxyl groups is 1. The van der Waals surface area contributed by atoms with Crippen molar-refractivity contribution in [2.24, 2.45) is 0 Å². The van der Waals surface area contributed by atoms with Crippen LogP contribution in [0.2, 0.25) is 0 Å². The van der Waals surface area contributed by atoms with Crippen LogP contribution in [-0.2, 0) is 22.8 Å². The Balaban J connectivity index is 1.98. The number of carbonyl (C=O) groups is 1. The second-order valence-electron chi connectivity index (χ2n) is 6.68. The van der Waals surface area contributed by atoms with Crippen molar-refractivity contribution in [1.82, 2.24) is 20.3 Å². The van der Waals surface area contributed by atoms with E-state index in [9.17, 15) is 14.1 Å². The number of carbonyl (C=O) groups excluding carboxylic acids is 1. The highest BCUT2D eigenvalue weighted by Crippen LogP contribution is 2.38. The maximum atomic E-state index is 12.4. The fraction of sp³-hybridized carbons (Fsp3) is 0.368. The van der Waals surface area contributed by atoms with E-state index in [0.717, 1.165) is 12.0 Å². The van der Waals surface area contributed by atoms with E-state index in [1.165, 1.54) is 12.5 Å². The first-order chi connectivity index (χ1) is 13.4. The van der Waals surface area contributed by atoms with Crippen LogP contribution in [0.5, 0.6) is 0 Å². The maximum Gasteiger partial charge on any atom is 0.261 e. The molecule has 0 bridgehead atoms. The lowest BCUT2D eigenvalue weighted by atomic mass is 9.98. The third kappa shape index (κ3) is 4.01. The van der Waals surface area contributed by atoms with Gasteiger partial charge < -0.3 is 10.4 Å². The molecule has 0 aliphatic heterocycles. The SMILES string of the molecule is C=CCNC(=O)c1cnc(S(C)=O)nc1[NH2+]c1ccc2c(n1)[C@@](O)(CC)CC2. The molecule has 1 aliphatic carbocycles. The molecule has 28 heavy (non-hydrogen) atoms. The molecule has 8 nitrogen and oxygen atoms in total. The van der Waals surface area contributed by atoms with Gasteiger partial charge in [-0.1, -0.05) is 13.0 Å². The number of aryl methyl sites for hydroxylation is 1. The van der Waals surface area contributed by atoms with Crippen LogP contribution >= 0.6 is 0 Å². The number of rotatable bonds is 7. The van der Waals surface area contributed by atoms with E-state index in [4.69, 9.17) is 0 Å². The molecule has 2 heterocycles. The van der Waals surface area contributed by atoms with Crippen molar-refractivity contribution in [3.05, 3.63) is 47.8 Å². The van der Waals surface area contributed by atoms with Gasteiger partial charge in [-0.2, -0.15) is 9.97 Å². The van der Waals surface area contributed by atoms with Gasteiger partial charge in [-0.05, 0) is 30.9 Å². The van der Waals surface area contributed by atoms with Gasteiger partial charge in [0.15, 0.2) is 0 Å². The fourth-order valence-corrected chi connectivity index (χ4v) is 3.62. The Morgan fingerprint density at radius 3 is 2.93 bits per heavy atom. The van der Waals surface area contributed by atoms with Crippen LogP contribution < -0.4 is 10.6 Å². The van der Waals surface area contributed by atoms with Crippen molar-refractivity contribution < 1.29 is 19.4 Å². The molecule has 0 fully saturated rings. The number of hydrogen-bond acceptors (Lipinski definition) is 6. The highest BCUT2D eigenvalue weighted by Gasteiger charge is 2.37. The Labute approximate surface area is 166 Å². The van der Waals surface area contributed by atoms with Gasteiger partial charge in [-0.25, -0.2) is 10.3 Å². The lowest BCUT2D eigenvalue weighted by Gasteiger charge is -2.20. The minimum Gasteiger partial charge on any atom is -0.384 e. The summed E-state index contributed by atoms with van der Waals surface area (Å²) in [5.41, 5.74) is 1.04. The van der Waals surface area contributed by atoms with Gasteiger partial charge in [0.1, 0.15) is 11.2 Å². The summed E-state index contributed by atoms with van der Waals surface area (Å²) in [6, 6.07) is 3.77. The zero-order chi connectivity index (χ0) is 20.3. The summed E-state index contributed by atoms with van der Waals surface area (Å²) < 4.78 is 11.8. The molecule has 0 spiro atoms. The van der Waals surface area contributed by atoms with Gasteiger partial charge in [0.05, 0.1) is 22.7 Å². The summed E-state index contributed by atoms with van der Waals surface area (Å²) in [4.78, 5) is 25.4. The number of quaternary nitrogens is 1. The molecule has 0 saturated carbocycles. The van der Waals surface area contributed by atoms with Crippen molar-refractivity contribution in [1.29, 1.82) is 0 Å². The van der Waals surface area contributed by atoms with Crippen molar-refractivity contribution >= 4 is 28.3 Å². The highest BCUT2D eigenvalue weighted by molar-refractivity contribution is 7.84. The minimum atomic E-state index is -1.39. The number of nitrogens with two attached hydrogens (primary N) is 1. The number of amides is 1. The maximum absolute atomic E-state index is 12.4. The molecule has 2 aromatic rings. The zero-order valence-corrected chi connectivity index (χ0v) is 16.8. The number of fused-ring (bicyclic) bond motifs is 1. The highest BCUT2D eigenvalue weighted by atomic mass is 32.2. The van der Waals surface area contributed by atoms with E-state index < -0.39 is 16.4 Å². The number of nitrogens with zero attached hydrogens (tertiary/aromatic N) is 3. The Bertz CT molecular complexity index is 949. The normalized spacial score (nSPS) is 19.1. The van der Waals surface area contributed by atoms with Crippen molar-refractivity contribution in [3.63, 3.8) is 0 Å². The Hall–Kier alpha value is -2.49. The van der Waals surface area contributed by atoms with E-state index in [2.05, 4.69) is 26.8 Å². The second kappa shape index (κ2) is 8.26. The summed E-state index contributed by atoms with van der Waals surface area (Å²) in [5, 5.41) is 15.3. The molecule has 3 rings (SSSR count). The van der Waals surface area contributed by atoms with E-state index in [1.807, 2.05) is 19.1 Å². The average molecular weight is 403 g/mol. The van der Waals surface area contributed by atoms with Crippen LogP contribution in [0.1, 0.15) is 41.4 Å². The predicted octanol–water partition coefficient (Wildman–Crippen LogP) is 0.595. The molecule has 1 aliphatic rings. The summed E-state index contributed by atoms with van der Waals surface area (Å²) in [7, 11) is -1.39. The summed E-state index contributed by atoms with van der Waals surface area (Å²) in [6.07, 6.45) is 6.43. The number of pyridine rings is 1. The van der Waals surface area contributed by atoms with Crippen LogP contribution in [-0.4, -0.2) is 43.0 Å². The fourth-order valence-electron chi connectivity index (χ4n) is 3.19. The van der Waals surface area contributed by atoms with Gasteiger partial charge in [0, 0.05) is 18.9 Å². The lowest BCUT2D eigenvalue weighted by molar-refractivity contribution is -0.488. The summed E-state index contributed by atoms with van der Waals surface area (Å²) in [6.45, 7) is 5.82. The molecule has 0 saturated heterocycles. The van der Waals surface area contributed by atoms with Gasteiger partial charge in [-0.15, -0.1) is 6.58 Å². The minimum absolute atomic E-state index is 0.137. The van der Waals surface area contributed by atoms with Crippen LogP contribution in [0.15, 0.2) is 36.1 Å². The third-order valence-corrected chi connectivity index (χ3v) is 5.53. The first kappa shape index (κ1) is 20.2. The molecular formula is C19H24N5O3S+. The van der Waals surface area contributed by atoms with E-state index >= 15 is 0 Å². The van der Waals surface area contributed by atoms with Gasteiger partial charge >= 0.3 is 0 Å². The Kier molecular flexibility index (Phi) is 5.97. The summed E-state index contributed by atoms with van der Waals surface area (Å²) in [5.74, 6) is 0.537. The van der Waals surface area contributed by atoms with Crippen molar-refractivity contribution in [3.8, 4) is 0 Å². The molecule has 2 atom stereocenters. The number of nitrogens with one attached hydrogen (secondary N) is 1. The van der Waals surface area contributed by atoms with Crippen LogP contribution in [0.25, 0.3) is 0 Å². The van der Waals surface area contributed by atoms with Crippen molar-refractivity contribution in [2.45, 2.75) is 36.9 Å². The summed E-state index contributed by atoms with van der Waals surface area (Å²) >= 11 is 0. The Morgan fingerprint density at radius 1 is 1.46 bits per heavy atom. The zero-order valence-electron chi connectivity index (χ0n) is 15.9. The number of aromatic nitrogens is 3. The largest absolute Gasteiger partial charge is 0.384 e. The molecule has 1 unspecified atom stereocenters.